The second kappa shape index (κ2) is 11.5. The summed E-state index contributed by atoms with van der Waals surface area (Å²) in [6, 6.07) is 6.28. The monoisotopic (exact) mass is 318 g/mol. The topological polar surface area (TPSA) is 50.4 Å². The molecule has 0 saturated carbocycles. The van der Waals surface area contributed by atoms with Gasteiger partial charge in [0.25, 0.3) is 0 Å². The number of benzene rings is 1. The fourth-order valence-corrected chi connectivity index (χ4v) is 1.85. The van der Waals surface area contributed by atoms with Crippen molar-refractivity contribution in [3.63, 3.8) is 0 Å². The van der Waals surface area contributed by atoms with Gasteiger partial charge in [-0.15, -0.1) is 12.4 Å². The van der Waals surface area contributed by atoms with E-state index in [-0.39, 0.29) is 30.0 Å². The Labute approximate surface area is 131 Å². The van der Waals surface area contributed by atoms with Crippen LogP contribution < -0.4 is 10.6 Å². The first kappa shape index (κ1) is 19.8. The van der Waals surface area contributed by atoms with Gasteiger partial charge in [0, 0.05) is 33.2 Å². The number of methoxy groups -OCH3 is 1. The predicted octanol–water partition coefficient (Wildman–Crippen LogP) is 2.09. The highest BCUT2D eigenvalue weighted by Gasteiger charge is 2.10. The molecule has 0 aromatic heterocycles. The minimum Gasteiger partial charge on any atom is -0.383 e. The number of rotatable bonds is 9. The van der Waals surface area contributed by atoms with E-state index in [2.05, 4.69) is 10.6 Å². The first-order valence-electron chi connectivity index (χ1n) is 6.85. The van der Waals surface area contributed by atoms with Crippen LogP contribution in [0, 0.1) is 5.82 Å². The van der Waals surface area contributed by atoms with E-state index in [1.165, 1.54) is 12.1 Å². The Morgan fingerprint density at radius 3 is 2.52 bits per heavy atom. The third-order valence-corrected chi connectivity index (χ3v) is 3.04. The van der Waals surface area contributed by atoms with Gasteiger partial charge in [0.1, 0.15) is 5.82 Å². The van der Waals surface area contributed by atoms with Gasteiger partial charge in [0.05, 0.1) is 6.61 Å². The zero-order chi connectivity index (χ0) is 14.8. The quantitative estimate of drug-likeness (QED) is 0.686. The van der Waals surface area contributed by atoms with Crippen LogP contribution in [-0.2, 0) is 9.53 Å². The lowest BCUT2D eigenvalue weighted by Gasteiger charge is -2.12. The number of amides is 1. The van der Waals surface area contributed by atoms with Crippen LogP contribution in [0.1, 0.15) is 24.8 Å². The lowest BCUT2D eigenvalue weighted by atomic mass is 9.97. The van der Waals surface area contributed by atoms with E-state index in [0.717, 1.165) is 18.7 Å². The zero-order valence-electron chi connectivity index (χ0n) is 12.5. The van der Waals surface area contributed by atoms with Gasteiger partial charge in [0.15, 0.2) is 0 Å². The molecule has 0 saturated heterocycles. The van der Waals surface area contributed by atoms with E-state index in [4.69, 9.17) is 4.74 Å². The standard InChI is InChI=1S/C15H23FN2O2.ClH/c1-12(13-3-5-14(16)6-4-13)11-15(19)18-8-7-17-9-10-20-2;/h3-6,12,17H,7-11H2,1-2H3,(H,18,19);1H. The maximum atomic E-state index is 12.8. The van der Waals surface area contributed by atoms with Crippen LogP contribution >= 0.6 is 12.4 Å². The van der Waals surface area contributed by atoms with Crippen LogP contribution in [0.15, 0.2) is 24.3 Å². The number of ether oxygens (including phenoxy) is 1. The second-order valence-electron chi connectivity index (χ2n) is 4.75. The summed E-state index contributed by atoms with van der Waals surface area (Å²) >= 11 is 0. The van der Waals surface area contributed by atoms with Crippen LogP contribution in [0.25, 0.3) is 0 Å². The average molecular weight is 319 g/mol. The molecule has 120 valence electrons. The minimum absolute atomic E-state index is 0. The number of carbonyl (C=O) groups excluding carboxylic acids is 1. The van der Waals surface area contributed by atoms with Gasteiger partial charge in [-0.3, -0.25) is 4.79 Å². The zero-order valence-corrected chi connectivity index (χ0v) is 13.3. The summed E-state index contributed by atoms with van der Waals surface area (Å²) in [5, 5.41) is 6.01. The largest absolute Gasteiger partial charge is 0.383 e. The van der Waals surface area contributed by atoms with Crippen molar-refractivity contribution in [2.75, 3.05) is 33.4 Å². The molecule has 0 aliphatic carbocycles. The molecule has 6 heteroatoms. The van der Waals surface area contributed by atoms with Crippen molar-refractivity contribution in [3.05, 3.63) is 35.6 Å². The van der Waals surface area contributed by atoms with Crippen molar-refractivity contribution in [1.82, 2.24) is 10.6 Å². The van der Waals surface area contributed by atoms with Gasteiger partial charge in [-0.2, -0.15) is 0 Å². The minimum atomic E-state index is -0.257. The highest BCUT2D eigenvalue weighted by molar-refractivity contribution is 5.85. The predicted molar refractivity (Wildman–Crippen MR) is 84.4 cm³/mol. The summed E-state index contributed by atoms with van der Waals surface area (Å²) in [7, 11) is 1.65. The SMILES string of the molecule is COCCNCCNC(=O)CC(C)c1ccc(F)cc1.Cl. The molecule has 0 fully saturated rings. The van der Waals surface area contributed by atoms with E-state index >= 15 is 0 Å². The van der Waals surface area contributed by atoms with Crippen molar-refractivity contribution >= 4 is 18.3 Å². The highest BCUT2D eigenvalue weighted by atomic mass is 35.5. The molecule has 0 radical (unpaired) electrons. The Bertz CT molecular complexity index is 401. The summed E-state index contributed by atoms with van der Waals surface area (Å²) < 4.78 is 17.7. The van der Waals surface area contributed by atoms with Crippen LogP contribution in [-0.4, -0.2) is 39.3 Å². The molecule has 1 aromatic carbocycles. The first-order chi connectivity index (χ1) is 9.63. The fourth-order valence-electron chi connectivity index (χ4n) is 1.85. The third-order valence-electron chi connectivity index (χ3n) is 3.04. The molecule has 1 unspecified atom stereocenters. The van der Waals surface area contributed by atoms with Crippen molar-refractivity contribution < 1.29 is 13.9 Å². The van der Waals surface area contributed by atoms with Gasteiger partial charge in [-0.25, -0.2) is 4.39 Å². The summed E-state index contributed by atoms with van der Waals surface area (Å²) in [6.07, 6.45) is 0.406. The molecular formula is C15H24ClFN2O2. The molecule has 0 spiro atoms. The summed E-state index contributed by atoms with van der Waals surface area (Å²) in [5.41, 5.74) is 0.972. The van der Waals surface area contributed by atoms with Crippen molar-refractivity contribution in [1.29, 1.82) is 0 Å². The number of halogens is 2. The van der Waals surface area contributed by atoms with Crippen LogP contribution in [0.3, 0.4) is 0 Å². The molecule has 4 nitrogen and oxygen atoms in total. The Kier molecular flexibility index (Phi) is 10.8. The van der Waals surface area contributed by atoms with Gasteiger partial charge in [0.2, 0.25) is 5.91 Å². The molecule has 2 N–H and O–H groups in total. The summed E-state index contributed by atoms with van der Waals surface area (Å²) in [4.78, 5) is 11.7. The van der Waals surface area contributed by atoms with Crippen LogP contribution in [0.5, 0.6) is 0 Å². The molecule has 1 rings (SSSR count). The maximum Gasteiger partial charge on any atom is 0.220 e. The highest BCUT2D eigenvalue weighted by Crippen LogP contribution is 2.18. The third kappa shape index (κ3) is 8.65. The average Bonchev–Trinajstić information content (AvgIpc) is 2.43. The van der Waals surface area contributed by atoms with Crippen molar-refractivity contribution in [2.24, 2.45) is 0 Å². The van der Waals surface area contributed by atoms with E-state index in [1.807, 2.05) is 6.92 Å². The van der Waals surface area contributed by atoms with Gasteiger partial charge < -0.3 is 15.4 Å². The van der Waals surface area contributed by atoms with E-state index in [9.17, 15) is 9.18 Å². The van der Waals surface area contributed by atoms with E-state index in [1.54, 1.807) is 19.2 Å². The molecule has 0 aliphatic rings. The number of carbonyl (C=O) groups is 1. The first-order valence-corrected chi connectivity index (χ1v) is 6.85. The summed E-state index contributed by atoms with van der Waals surface area (Å²) in [5.74, 6) is -0.167. The molecule has 1 amide bonds. The maximum absolute atomic E-state index is 12.8. The molecule has 0 bridgehead atoms. The normalized spacial score (nSPS) is 11.6. The Morgan fingerprint density at radius 1 is 1.24 bits per heavy atom. The molecule has 0 aliphatic heterocycles. The molecule has 0 heterocycles. The summed E-state index contributed by atoms with van der Waals surface area (Å²) in [6.45, 7) is 4.72. The molecule has 1 aromatic rings. The lowest BCUT2D eigenvalue weighted by molar-refractivity contribution is -0.121. The molecular weight excluding hydrogens is 295 g/mol. The van der Waals surface area contributed by atoms with Crippen molar-refractivity contribution in [3.8, 4) is 0 Å². The van der Waals surface area contributed by atoms with Gasteiger partial charge in [-0.1, -0.05) is 19.1 Å². The second-order valence-corrected chi connectivity index (χ2v) is 4.75. The van der Waals surface area contributed by atoms with E-state index in [0.29, 0.717) is 19.6 Å². The Hall–Kier alpha value is -1.17. The number of hydrogen-bond acceptors (Lipinski definition) is 3. The Balaban J connectivity index is 0.00000400. The van der Waals surface area contributed by atoms with E-state index < -0.39 is 0 Å². The van der Waals surface area contributed by atoms with Crippen LogP contribution in [0.2, 0.25) is 0 Å². The molecule has 1 atom stereocenters. The molecule has 21 heavy (non-hydrogen) atoms. The lowest BCUT2D eigenvalue weighted by Crippen LogP contribution is -2.33. The van der Waals surface area contributed by atoms with Crippen molar-refractivity contribution in [2.45, 2.75) is 19.3 Å². The number of hydrogen-bond donors (Lipinski definition) is 2. The Morgan fingerprint density at radius 2 is 1.90 bits per heavy atom. The van der Waals surface area contributed by atoms with Crippen LogP contribution in [0.4, 0.5) is 4.39 Å². The van der Waals surface area contributed by atoms with Gasteiger partial charge in [-0.05, 0) is 23.6 Å². The smallest absolute Gasteiger partial charge is 0.220 e. The fraction of sp³-hybridized carbons (Fsp3) is 0.533. The van der Waals surface area contributed by atoms with Gasteiger partial charge >= 0.3 is 0 Å². The number of nitrogens with one attached hydrogen (secondary N) is 2.